The van der Waals surface area contributed by atoms with Gasteiger partial charge in [-0.2, -0.15) is 0 Å². The minimum absolute atomic E-state index is 0.136. The third kappa shape index (κ3) is 3.91. The second-order valence-electron chi connectivity index (χ2n) is 5.51. The van der Waals surface area contributed by atoms with Crippen LogP contribution in [0, 0.1) is 5.92 Å². The fourth-order valence-corrected chi connectivity index (χ4v) is 2.57. The highest BCUT2D eigenvalue weighted by Gasteiger charge is 2.24. The van der Waals surface area contributed by atoms with Crippen molar-refractivity contribution in [3.63, 3.8) is 0 Å². The Morgan fingerprint density at radius 3 is 3.11 bits per heavy atom. The summed E-state index contributed by atoms with van der Waals surface area (Å²) in [5, 5.41) is 13.2. The van der Waals surface area contributed by atoms with Gasteiger partial charge in [-0.1, -0.05) is 19.9 Å². The van der Waals surface area contributed by atoms with Gasteiger partial charge in [0.05, 0.1) is 6.10 Å². The van der Waals surface area contributed by atoms with Crippen molar-refractivity contribution in [1.82, 2.24) is 9.88 Å². The molecule has 1 aliphatic rings. The van der Waals surface area contributed by atoms with Gasteiger partial charge in [0.15, 0.2) is 0 Å². The monoisotopic (exact) mass is 263 g/mol. The zero-order valence-electron chi connectivity index (χ0n) is 12.0. The predicted molar refractivity (Wildman–Crippen MR) is 78.1 cm³/mol. The van der Waals surface area contributed by atoms with E-state index in [4.69, 9.17) is 0 Å². The van der Waals surface area contributed by atoms with Crippen LogP contribution in [0.3, 0.4) is 0 Å². The smallest absolute Gasteiger partial charge is 0.130 e. The number of nitrogens with zero attached hydrogens (tertiary/aromatic N) is 2. The molecule has 2 atom stereocenters. The molecule has 2 heterocycles. The Morgan fingerprint density at radius 2 is 2.37 bits per heavy atom. The summed E-state index contributed by atoms with van der Waals surface area (Å²) in [5.41, 5.74) is 1.25. The minimum atomic E-state index is -0.136. The average Bonchev–Trinajstić information content (AvgIpc) is 2.42. The molecule has 0 saturated carbocycles. The molecule has 0 radical (unpaired) electrons. The zero-order chi connectivity index (χ0) is 13.7. The predicted octanol–water partition coefficient (Wildman–Crippen LogP) is 2.11. The Kier molecular flexibility index (Phi) is 5.16. The summed E-state index contributed by atoms with van der Waals surface area (Å²) in [7, 11) is 0. The number of aliphatic hydroxyl groups excluding tert-OH is 1. The fourth-order valence-electron chi connectivity index (χ4n) is 2.57. The first kappa shape index (κ1) is 14.3. The van der Waals surface area contributed by atoms with E-state index < -0.39 is 0 Å². The molecule has 1 aromatic rings. The number of rotatable bonds is 5. The lowest BCUT2D eigenvalue weighted by molar-refractivity contribution is 0.0320. The molecule has 1 saturated heterocycles. The standard InChI is InChI=1S/C15H25N3O/c1-3-7-16-15-13(5-4-8-17-15)11-18-9-6-14(19)12(2)10-18/h4-5,8,12,14,19H,3,6-7,9-11H2,1-2H3,(H,16,17). The summed E-state index contributed by atoms with van der Waals surface area (Å²) >= 11 is 0. The Hall–Kier alpha value is -1.13. The molecule has 1 fully saturated rings. The van der Waals surface area contributed by atoms with Gasteiger partial charge < -0.3 is 10.4 Å². The van der Waals surface area contributed by atoms with E-state index in [9.17, 15) is 5.11 Å². The summed E-state index contributed by atoms with van der Waals surface area (Å²) in [4.78, 5) is 6.84. The van der Waals surface area contributed by atoms with Crippen molar-refractivity contribution in [2.24, 2.45) is 5.92 Å². The first-order valence-corrected chi connectivity index (χ1v) is 7.29. The molecule has 0 aliphatic carbocycles. The van der Waals surface area contributed by atoms with Gasteiger partial charge in [0.25, 0.3) is 0 Å². The maximum atomic E-state index is 9.78. The number of hydrogen-bond donors (Lipinski definition) is 2. The number of likely N-dealkylation sites (tertiary alicyclic amines) is 1. The van der Waals surface area contributed by atoms with Crippen molar-refractivity contribution < 1.29 is 5.11 Å². The van der Waals surface area contributed by atoms with Gasteiger partial charge in [-0.15, -0.1) is 0 Å². The highest BCUT2D eigenvalue weighted by atomic mass is 16.3. The summed E-state index contributed by atoms with van der Waals surface area (Å²) in [6.07, 6.45) is 3.68. The van der Waals surface area contributed by atoms with Crippen molar-refractivity contribution in [2.45, 2.75) is 39.3 Å². The highest BCUT2D eigenvalue weighted by Crippen LogP contribution is 2.21. The molecule has 4 nitrogen and oxygen atoms in total. The summed E-state index contributed by atoms with van der Waals surface area (Å²) in [6, 6.07) is 4.13. The molecule has 1 aromatic heterocycles. The normalized spacial score (nSPS) is 24.4. The second-order valence-corrected chi connectivity index (χ2v) is 5.51. The Morgan fingerprint density at radius 1 is 1.53 bits per heavy atom. The van der Waals surface area contributed by atoms with Crippen LogP contribution in [0.5, 0.6) is 0 Å². The molecule has 0 aromatic carbocycles. The van der Waals surface area contributed by atoms with Crippen LogP contribution in [0.1, 0.15) is 32.3 Å². The minimum Gasteiger partial charge on any atom is -0.393 e. The quantitative estimate of drug-likeness (QED) is 0.854. The lowest BCUT2D eigenvalue weighted by Crippen LogP contribution is -2.41. The average molecular weight is 263 g/mol. The number of nitrogens with one attached hydrogen (secondary N) is 1. The summed E-state index contributed by atoms with van der Waals surface area (Å²) < 4.78 is 0. The van der Waals surface area contributed by atoms with E-state index in [0.29, 0.717) is 5.92 Å². The van der Waals surface area contributed by atoms with Crippen LogP contribution in [0.25, 0.3) is 0 Å². The van der Waals surface area contributed by atoms with Gasteiger partial charge in [0, 0.05) is 37.9 Å². The maximum absolute atomic E-state index is 9.78. The molecule has 106 valence electrons. The zero-order valence-corrected chi connectivity index (χ0v) is 12.0. The molecular formula is C15H25N3O. The topological polar surface area (TPSA) is 48.4 Å². The molecule has 4 heteroatoms. The highest BCUT2D eigenvalue weighted by molar-refractivity contribution is 5.43. The van der Waals surface area contributed by atoms with Gasteiger partial charge in [0.1, 0.15) is 5.82 Å². The third-order valence-corrected chi connectivity index (χ3v) is 3.77. The van der Waals surface area contributed by atoms with Gasteiger partial charge >= 0.3 is 0 Å². The molecule has 2 rings (SSSR count). The lowest BCUT2D eigenvalue weighted by Gasteiger charge is -2.34. The van der Waals surface area contributed by atoms with Crippen molar-refractivity contribution in [1.29, 1.82) is 0 Å². The Bertz CT molecular complexity index is 397. The van der Waals surface area contributed by atoms with E-state index in [1.165, 1.54) is 5.56 Å². The number of piperidine rings is 1. The van der Waals surface area contributed by atoms with Crippen LogP contribution < -0.4 is 5.32 Å². The molecule has 0 bridgehead atoms. The molecule has 2 N–H and O–H groups in total. The molecule has 19 heavy (non-hydrogen) atoms. The number of anilines is 1. The summed E-state index contributed by atoms with van der Waals surface area (Å²) in [5.74, 6) is 1.36. The van der Waals surface area contributed by atoms with Crippen LogP contribution in [0.15, 0.2) is 18.3 Å². The number of aromatic nitrogens is 1. The molecule has 1 aliphatic heterocycles. The van der Waals surface area contributed by atoms with Gasteiger partial charge in [-0.3, -0.25) is 4.90 Å². The Labute approximate surface area is 115 Å². The first-order chi connectivity index (χ1) is 9.20. The van der Waals surface area contributed by atoms with Gasteiger partial charge in [-0.05, 0) is 24.8 Å². The first-order valence-electron chi connectivity index (χ1n) is 7.29. The van der Waals surface area contributed by atoms with E-state index in [1.54, 1.807) is 0 Å². The van der Waals surface area contributed by atoms with Crippen LogP contribution in [0.4, 0.5) is 5.82 Å². The fraction of sp³-hybridized carbons (Fsp3) is 0.667. The largest absolute Gasteiger partial charge is 0.393 e. The van der Waals surface area contributed by atoms with E-state index in [2.05, 4.69) is 35.1 Å². The SMILES string of the molecule is CCCNc1ncccc1CN1CCC(O)C(C)C1. The second kappa shape index (κ2) is 6.87. The molecular weight excluding hydrogens is 238 g/mol. The van der Waals surface area contributed by atoms with Crippen LogP contribution in [-0.4, -0.2) is 40.7 Å². The molecule has 0 amide bonds. The van der Waals surface area contributed by atoms with E-state index in [1.807, 2.05) is 12.3 Å². The van der Waals surface area contributed by atoms with Gasteiger partial charge in [0.2, 0.25) is 0 Å². The summed E-state index contributed by atoms with van der Waals surface area (Å²) in [6.45, 7) is 8.08. The number of pyridine rings is 1. The third-order valence-electron chi connectivity index (χ3n) is 3.77. The molecule has 0 spiro atoms. The van der Waals surface area contributed by atoms with Crippen LogP contribution in [-0.2, 0) is 6.54 Å². The van der Waals surface area contributed by atoms with E-state index in [0.717, 1.165) is 44.8 Å². The van der Waals surface area contributed by atoms with Crippen molar-refractivity contribution in [3.05, 3.63) is 23.9 Å². The van der Waals surface area contributed by atoms with Gasteiger partial charge in [-0.25, -0.2) is 4.98 Å². The molecule has 2 unspecified atom stereocenters. The van der Waals surface area contributed by atoms with Crippen molar-refractivity contribution in [3.8, 4) is 0 Å². The van der Waals surface area contributed by atoms with E-state index >= 15 is 0 Å². The maximum Gasteiger partial charge on any atom is 0.130 e. The van der Waals surface area contributed by atoms with Crippen molar-refractivity contribution >= 4 is 5.82 Å². The van der Waals surface area contributed by atoms with E-state index in [-0.39, 0.29) is 6.10 Å². The lowest BCUT2D eigenvalue weighted by atomic mass is 9.96. The van der Waals surface area contributed by atoms with Crippen LogP contribution >= 0.6 is 0 Å². The number of hydrogen-bond acceptors (Lipinski definition) is 4. The van der Waals surface area contributed by atoms with Crippen LogP contribution in [0.2, 0.25) is 0 Å². The van der Waals surface area contributed by atoms with Crippen molar-refractivity contribution in [2.75, 3.05) is 25.0 Å². The Balaban J connectivity index is 1.98. The number of aliphatic hydroxyl groups is 1.